The molecule has 3 N–H and O–H groups in total. The van der Waals surface area contributed by atoms with Gasteiger partial charge in [-0.3, -0.25) is 4.79 Å². The summed E-state index contributed by atoms with van der Waals surface area (Å²) in [5, 5.41) is 14.6. The fourth-order valence-electron chi connectivity index (χ4n) is 1.12. The third-order valence-corrected chi connectivity index (χ3v) is 2.96. The van der Waals surface area contributed by atoms with Gasteiger partial charge in [0.15, 0.2) is 0 Å². The molecule has 0 saturated carbocycles. The molecular formula is C8H16N2O2S. The maximum Gasteiger partial charge on any atom is 0.238 e. The van der Waals surface area contributed by atoms with Crippen LogP contribution >= 0.6 is 11.8 Å². The average Bonchev–Trinajstić information content (AvgIpc) is 2.19. The van der Waals surface area contributed by atoms with Crippen molar-refractivity contribution in [3.05, 3.63) is 0 Å². The average molecular weight is 204 g/mol. The molecule has 1 aliphatic rings. The van der Waals surface area contributed by atoms with Gasteiger partial charge in [0.25, 0.3) is 0 Å². The zero-order chi connectivity index (χ0) is 9.68. The highest BCUT2D eigenvalue weighted by Crippen LogP contribution is 2.07. The molecule has 0 spiro atoms. The first kappa shape index (κ1) is 10.8. The molecule has 1 fully saturated rings. The van der Waals surface area contributed by atoms with Gasteiger partial charge in [-0.2, -0.15) is 11.8 Å². The number of aliphatic hydroxyl groups is 1. The molecule has 13 heavy (non-hydrogen) atoms. The van der Waals surface area contributed by atoms with Gasteiger partial charge in [-0.15, -0.1) is 0 Å². The van der Waals surface area contributed by atoms with E-state index in [-0.39, 0.29) is 24.6 Å². The minimum Gasteiger partial charge on any atom is -0.394 e. The number of carbonyl (C=O) groups is 1. The number of thioether (sulfide) groups is 1. The summed E-state index contributed by atoms with van der Waals surface area (Å²) < 4.78 is 0. The molecular weight excluding hydrogens is 188 g/mol. The zero-order valence-corrected chi connectivity index (χ0v) is 8.56. The minimum absolute atomic E-state index is 0.00579. The normalized spacial score (nSPS) is 25.2. The molecule has 1 unspecified atom stereocenters. The topological polar surface area (TPSA) is 61.4 Å². The van der Waals surface area contributed by atoms with E-state index >= 15 is 0 Å². The van der Waals surface area contributed by atoms with E-state index in [2.05, 4.69) is 10.6 Å². The molecule has 76 valence electrons. The van der Waals surface area contributed by atoms with E-state index in [4.69, 9.17) is 5.11 Å². The Hall–Kier alpha value is -0.260. The number of nitrogens with one attached hydrogen (secondary N) is 2. The first-order chi connectivity index (χ1) is 6.24. The van der Waals surface area contributed by atoms with Gasteiger partial charge in [0, 0.05) is 24.1 Å². The van der Waals surface area contributed by atoms with Crippen molar-refractivity contribution in [2.24, 2.45) is 0 Å². The van der Waals surface area contributed by atoms with Crippen LogP contribution in [0.15, 0.2) is 0 Å². The summed E-state index contributed by atoms with van der Waals surface area (Å²) in [6, 6.07) is -0.242. The molecule has 1 amide bonds. The van der Waals surface area contributed by atoms with Gasteiger partial charge in [-0.1, -0.05) is 0 Å². The van der Waals surface area contributed by atoms with Crippen molar-refractivity contribution in [2.45, 2.75) is 19.0 Å². The fraction of sp³-hybridized carbons (Fsp3) is 0.875. The number of rotatable bonds is 3. The van der Waals surface area contributed by atoms with E-state index in [1.807, 2.05) is 0 Å². The standard InChI is InChI=1S/C8H16N2O2S/c1-6(4-11)10-8(12)7-5-13-3-2-9-7/h6-7,9,11H,2-5H2,1H3,(H,10,12)/t6-,7?/m0/s1. The van der Waals surface area contributed by atoms with Crippen LogP contribution in [0.4, 0.5) is 0 Å². The Labute approximate surface area is 82.5 Å². The predicted molar refractivity (Wildman–Crippen MR) is 53.8 cm³/mol. The number of hydrogen-bond donors (Lipinski definition) is 3. The third-order valence-electron chi connectivity index (χ3n) is 1.90. The number of carbonyl (C=O) groups excluding carboxylic acids is 1. The van der Waals surface area contributed by atoms with Gasteiger partial charge in [0.2, 0.25) is 5.91 Å². The van der Waals surface area contributed by atoms with E-state index in [9.17, 15) is 4.79 Å². The summed E-state index contributed by atoms with van der Waals surface area (Å²) in [5.41, 5.74) is 0. The molecule has 0 aromatic carbocycles. The predicted octanol–water partition coefficient (Wildman–Crippen LogP) is -0.812. The summed E-state index contributed by atoms with van der Waals surface area (Å²) in [6.45, 7) is 2.66. The molecule has 0 bridgehead atoms. The Bertz CT molecular complexity index is 172. The van der Waals surface area contributed by atoms with Crippen LogP contribution in [-0.2, 0) is 4.79 Å². The molecule has 0 radical (unpaired) electrons. The molecule has 0 aromatic rings. The third kappa shape index (κ3) is 3.54. The van der Waals surface area contributed by atoms with Gasteiger partial charge in [0.05, 0.1) is 12.6 Å². The number of hydrogen-bond acceptors (Lipinski definition) is 4. The van der Waals surface area contributed by atoms with Gasteiger partial charge in [-0.25, -0.2) is 0 Å². The minimum atomic E-state index is -0.152. The molecule has 1 aliphatic heterocycles. The zero-order valence-electron chi connectivity index (χ0n) is 7.75. The highest BCUT2D eigenvalue weighted by atomic mass is 32.2. The molecule has 0 aliphatic carbocycles. The Morgan fingerprint density at radius 2 is 2.62 bits per heavy atom. The van der Waals surface area contributed by atoms with E-state index in [1.165, 1.54) is 0 Å². The van der Waals surface area contributed by atoms with Gasteiger partial charge >= 0.3 is 0 Å². The van der Waals surface area contributed by atoms with Crippen LogP contribution in [0, 0.1) is 0 Å². The largest absolute Gasteiger partial charge is 0.394 e. The Kier molecular flexibility index (Phi) is 4.55. The first-order valence-electron chi connectivity index (χ1n) is 4.46. The van der Waals surface area contributed by atoms with Crippen LogP contribution in [0.2, 0.25) is 0 Å². The SMILES string of the molecule is C[C@@H](CO)NC(=O)C1CSCCN1. The monoisotopic (exact) mass is 204 g/mol. The maximum atomic E-state index is 11.5. The number of amides is 1. The van der Waals surface area contributed by atoms with Crippen LogP contribution in [0.3, 0.4) is 0 Å². The summed E-state index contributed by atoms with van der Waals surface area (Å²) in [6.07, 6.45) is 0. The molecule has 1 rings (SSSR count). The van der Waals surface area contributed by atoms with Gasteiger partial charge < -0.3 is 15.7 Å². The Morgan fingerprint density at radius 3 is 3.15 bits per heavy atom. The van der Waals surface area contributed by atoms with Crippen LogP contribution < -0.4 is 10.6 Å². The maximum absolute atomic E-state index is 11.5. The van der Waals surface area contributed by atoms with Crippen molar-refractivity contribution in [1.29, 1.82) is 0 Å². The number of aliphatic hydroxyl groups excluding tert-OH is 1. The van der Waals surface area contributed by atoms with Crippen molar-refractivity contribution < 1.29 is 9.90 Å². The second kappa shape index (κ2) is 5.47. The second-order valence-corrected chi connectivity index (χ2v) is 4.32. The van der Waals surface area contributed by atoms with E-state index in [1.54, 1.807) is 18.7 Å². The lowest BCUT2D eigenvalue weighted by molar-refractivity contribution is -0.123. The van der Waals surface area contributed by atoms with Crippen molar-refractivity contribution in [3.63, 3.8) is 0 Å². The van der Waals surface area contributed by atoms with E-state index in [0.717, 1.165) is 18.1 Å². The molecule has 5 heteroatoms. The summed E-state index contributed by atoms with van der Waals surface area (Å²) in [7, 11) is 0. The van der Waals surface area contributed by atoms with Crippen LogP contribution in [0.25, 0.3) is 0 Å². The summed E-state index contributed by atoms with van der Waals surface area (Å²) >= 11 is 1.78. The quantitative estimate of drug-likeness (QED) is 0.562. The van der Waals surface area contributed by atoms with Gasteiger partial charge in [-0.05, 0) is 6.92 Å². The first-order valence-corrected chi connectivity index (χ1v) is 5.62. The molecule has 2 atom stereocenters. The Balaban J connectivity index is 2.29. The van der Waals surface area contributed by atoms with Crippen molar-refractivity contribution in [3.8, 4) is 0 Å². The van der Waals surface area contributed by atoms with Crippen LogP contribution in [0.1, 0.15) is 6.92 Å². The Morgan fingerprint density at radius 1 is 1.85 bits per heavy atom. The van der Waals surface area contributed by atoms with Gasteiger partial charge in [0.1, 0.15) is 0 Å². The van der Waals surface area contributed by atoms with Crippen LogP contribution in [-0.4, -0.2) is 47.8 Å². The lowest BCUT2D eigenvalue weighted by Crippen LogP contribution is -2.51. The lowest BCUT2D eigenvalue weighted by Gasteiger charge is -2.23. The second-order valence-electron chi connectivity index (χ2n) is 3.17. The summed E-state index contributed by atoms with van der Waals surface area (Å²) in [5.74, 6) is 1.89. The van der Waals surface area contributed by atoms with Crippen molar-refractivity contribution in [2.75, 3.05) is 24.7 Å². The van der Waals surface area contributed by atoms with E-state index < -0.39 is 0 Å². The lowest BCUT2D eigenvalue weighted by atomic mass is 10.2. The fourth-order valence-corrected chi connectivity index (χ4v) is 2.06. The van der Waals surface area contributed by atoms with Crippen molar-refractivity contribution >= 4 is 17.7 Å². The highest BCUT2D eigenvalue weighted by molar-refractivity contribution is 7.99. The smallest absolute Gasteiger partial charge is 0.238 e. The molecule has 1 saturated heterocycles. The molecule has 4 nitrogen and oxygen atoms in total. The molecule has 0 aromatic heterocycles. The molecule has 1 heterocycles. The van der Waals surface area contributed by atoms with Crippen molar-refractivity contribution in [1.82, 2.24) is 10.6 Å². The van der Waals surface area contributed by atoms with E-state index in [0.29, 0.717) is 0 Å². The highest BCUT2D eigenvalue weighted by Gasteiger charge is 2.21. The van der Waals surface area contributed by atoms with Crippen LogP contribution in [0.5, 0.6) is 0 Å². The summed E-state index contributed by atoms with van der Waals surface area (Å²) in [4.78, 5) is 11.5.